The van der Waals surface area contributed by atoms with E-state index in [-0.39, 0.29) is 0 Å². The van der Waals surface area contributed by atoms with Gasteiger partial charge in [-0.05, 0) is 22.0 Å². The standard InChI is InChI=1S/C10H8BrNOS/c11-9-6-14-7-10(9)13-5-8-2-1-3-12-4-8/h1-4,6-7H,5H2. The molecule has 2 aromatic heterocycles. The zero-order chi connectivity index (χ0) is 9.80. The molecule has 2 rings (SSSR count). The largest absolute Gasteiger partial charge is 0.487 e. The van der Waals surface area contributed by atoms with E-state index in [1.165, 1.54) is 0 Å². The molecule has 0 saturated carbocycles. The molecule has 0 saturated heterocycles. The summed E-state index contributed by atoms with van der Waals surface area (Å²) in [6.07, 6.45) is 3.56. The van der Waals surface area contributed by atoms with Gasteiger partial charge in [0.1, 0.15) is 12.4 Å². The molecule has 0 aliphatic heterocycles. The third-order valence-corrected chi connectivity index (χ3v) is 3.34. The minimum absolute atomic E-state index is 0.559. The van der Waals surface area contributed by atoms with Gasteiger partial charge < -0.3 is 4.74 Å². The van der Waals surface area contributed by atoms with Crippen LogP contribution in [0.25, 0.3) is 0 Å². The number of aromatic nitrogens is 1. The zero-order valence-electron chi connectivity index (χ0n) is 7.31. The average Bonchev–Trinajstić information content (AvgIpc) is 2.63. The van der Waals surface area contributed by atoms with E-state index in [0.717, 1.165) is 15.8 Å². The van der Waals surface area contributed by atoms with Gasteiger partial charge in [-0.1, -0.05) is 6.07 Å². The summed E-state index contributed by atoms with van der Waals surface area (Å²) < 4.78 is 6.59. The van der Waals surface area contributed by atoms with Gasteiger partial charge in [-0.25, -0.2) is 0 Å². The lowest BCUT2D eigenvalue weighted by molar-refractivity contribution is 0.305. The van der Waals surface area contributed by atoms with Gasteiger partial charge in [0.05, 0.1) is 4.47 Å². The van der Waals surface area contributed by atoms with Crippen molar-refractivity contribution in [3.63, 3.8) is 0 Å². The van der Waals surface area contributed by atoms with Crippen molar-refractivity contribution in [2.45, 2.75) is 6.61 Å². The van der Waals surface area contributed by atoms with Crippen LogP contribution in [0.4, 0.5) is 0 Å². The monoisotopic (exact) mass is 269 g/mol. The van der Waals surface area contributed by atoms with E-state index in [4.69, 9.17) is 4.74 Å². The summed E-state index contributed by atoms with van der Waals surface area (Å²) in [4.78, 5) is 4.02. The van der Waals surface area contributed by atoms with Crippen LogP contribution in [0.2, 0.25) is 0 Å². The molecule has 0 aliphatic rings. The minimum atomic E-state index is 0.559. The van der Waals surface area contributed by atoms with Crippen LogP contribution in [-0.4, -0.2) is 4.98 Å². The molecule has 4 heteroatoms. The summed E-state index contributed by atoms with van der Waals surface area (Å²) in [5.74, 6) is 0.888. The molecule has 2 aromatic rings. The van der Waals surface area contributed by atoms with Crippen molar-refractivity contribution in [2.24, 2.45) is 0 Å². The zero-order valence-corrected chi connectivity index (χ0v) is 9.72. The molecule has 0 unspecified atom stereocenters. The van der Waals surface area contributed by atoms with Crippen molar-refractivity contribution >= 4 is 27.3 Å². The van der Waals surface area contributed by atoms with E-state index < -0.39 is 0 Å². The lowest BCUT2D eigenvalue weighted by Crippen LogP contribution is -1.94. The Bertz CT molecular complexity index is 402. The predicted octanol–water partition coefficient (Wildman–Crippen LogP) is 3.48. The van der Waals surface area contributed by atoms with Gasteiger partial charge in [0.25, 0.3) is 0 Å². The highest BCUT2D eigenvalue weighted by atomic mass is 79.9. The SMILES string of the molecule is Brc1cscc1OCc1cccnc1. The van der Waals surface area contributed by atoms with Crippen LogP contribution in [0.5, 0.6) is 5.75 Å². The first-order chi connectivity index (χ1) is 6.86. The molecule has 0 atom stereocenters. The maximum atomic E-state index is 5.59. The summed E-state index contributed by atoms with van der Waals surface area (Å²) in [5, 5.41) is 3.97. The summed E-state index contributed by atoms with van der Waals surface area (Å²) in [6, 6.07) is 3.90. The molecule has 0 spiro atoms. The second-order valence-electron chi connectivity index (χ2n) is 2.73. The fraction of sp³-hybridized carbons (Fsp3) is 0.100. The van der Waals surface area contributed by atoms with Crippen molar-refractivity contribution in [1.29, 1.82) is 0 Å². The summed E-state index contributed by atoms with van der Waals surface area (Å²) in [5.41, 5.74) is 1.07. The van der Waals surface area contributed by atoms with E-state index in [1.807, 2.05) is 22.9 Å². The first-order valence-electron chi connectivity index (χ1n) is 4.09. The molecule has 0 bridgehead atoms. The van der Waals surface area contributed by atoms with Crippen molar-refractivity contribution < 1.29 is 4.74 Å². The Kier molecular flexibility index (Phi) is 3.16. The Morgan fingerprint density at radius 3 is 3.00 bits per heavy atom. The molecular weight excluding hydrogens is 262 g/mol. The van der Waals surface area contributed by atoms with Crippen LogP contribution >= 0.6 is 27.3 Å². The number of ether oxygens (including phenoxy) is 1. The normalized spacial score (nSPS) is 10.1. The van der Waals surface area contributed by atoms with Gasteiger partial charge in [0, 0.05) is 28.7 Å². The Hall–Kier alpha value is -0.870. The molecule has 14 heavy (non-hydrogen) atoms. The van der Waals surface area contributed by atoms with Crippen molar-refractivity contribution in [2.75, 3.05) is 0 Å². The van der Waals surface area contributed by atoms with Gasteiger partial charge in [0.2, 0.25) is 0 Å². The predicted molar refractivity (Wildman–Crippen MR) is 60.6 cm³/mol. The van der Waals surface area contributed by atoms with E-state index >= 15 is 0 Å². The molecule has 0 aliphatic carbocycles. The Labute approximate surface area is 94.7 Å². The Balaban J connectivity index is 1.99. The topological polar surface area (TPSA) is 22.1 Å². The molecule has 0 fully saturated rings. The Morgan fingerprint density at radius 1 is 1.43 bits per heavy atom. The first kappa shape index (κ1) is 9.68. The first-order valence-corrected chi connectivity index (χ1v) is 5.83. The van der Waals surface area contributed by atoms with Gasteiger partial charge >= 0.3 is 0 Å². The maximum Gasteiger partial charge on any atom is 0.144 e. The highest BCUT2D eigenvalue weighted by Crippen LogP contribution is 2.29. The lowest BCUT2D eigenvalue weighted by atomic mass is 10.3. The van der Waals surface area contributed by atoms with Gasteiger partial charge in [-0.15, -0.1) is 11.3 Å². The number of hydrogen-bond acceptors (Lipinski definition) is 3. The highest BCUT2D eigenvalue weighted by Gasteiger charge is 2.01. The molecule has 0 amide bonds. The molecule has 0 N–H and O–H groups in total. The van der Waals surface area contributed by atoms with Gasteiger partial charge in [-0.3, -0.25) is 4.98 Å². The number of rotatable bonds is 3. The van der Waals surface area contributed by atoms with Crippen LogP contribution in [0.1, 0.15) is 5.56 Å². The highest BCUT2D eigenvalue weighted by molar-refractivity contribution is 9.10. The van der Waals surface area contributed by atoms with E-state index in [1.54, 1.807) is 23.7 Å². The molecule has 72 valence electrons. The number of halogens is 1. The number of nitrogens with zero attached hydrogens (tertiary/aromatic N) is 1. The van der Waals surface area contributed by atoms with E-state index in [0.29, 0.717) is 6.61 Å². The molecule has 2 nitrogen and oxygen atoms in total. The number of pyridine rings is 1. The summed E-state index contributed by atoms with van der Waals surface area (Å²) >= 11 is 5.02. The van der Waals surface area contributed by atoms with Crippen LogP contribution in [0.3, 0.4) is 0 Å². The third kappa shape index (κ3) is 2.33. The Morgan fingerprint density at radius 2 is 2.36 bits per heavy atom. The van der Waals surface area contributed by atoms with Gasteiger partial charge in [-0.2, -0.15) is 0 Å². The molecular formula is C10H8BrNOS. The van der Waals surface area contributed by atoms with Crippen LogP contribution < -0.4 is 4.74 Å². The van der Waals surface area contributed by atoms with Crippen molar-refractivity contribution in [1.82, 2.24) is 4.98 Å². The maximum absolute atomic E-state index is 5.59. The third-order valence-electron chi connectivity index (χ3n) is 1.70. The quantitative estimate of drug-likeness (QED) is 0.851. The second kappa shape index (κ2) is 4.57. The summed E-state index contributed by atoms with van der Waals surface area (Å²) in [6.45, 7) is 0.559. The van der Waals surface area contributed by atoms with Crippen LogP contribution in [-0.2, 0) is 6.61 Å². The van der Waals surface area contributed by atoms with Crippen molar-refractivity contribution in [3.05, 3.63) is 45.3 Å². The van der Waals surface area contributed by atoms with Crippen molar-refractivity contribution in [3.8, 4) is 5.75 Å². The average molecular weight is 270 g/mol. The van der Waals surface area contributed by atoms with E-state index in [2.05, 4.69) is 20.9 Å². The molecule has 2 heterocycles. The smallest absolute Gasteiger partial charge is 0.144 e. The number of hydrogen-bond donors (Lipinski definition) is 0. The molecule has 0 aromatic carbocycles. The fourth-order valence-corrected chi connectivity index (χ4v) is 2.34. The van der Waals surface area contributed by atoms with Crippen LogP contribution in [0, 0.1) is 0 Å². The van der Waals surface area contributed by atoms with Gasteiger partial charge in [0.15, 0.2) is 0 Å². The molecule has 0 radical (unpaired) electrons. The van der Waals surface area contributed by atoms with Crippen LogP contribution in [0.15, 0.2) is 39.8 Å². The number of thiophene rings is 1. The fourth-order valence-electron chi connectivity index (χ4n) is 1.02. The summed E-state index contributed by atoms with van der Waals surface area (Å²) in [7, 11) is 0. The second-order valence-corrected chi connectivity index (χ2v) is 4.33. The lowest BCUT2D eigenvalue weighted by Gasteiger charge is -2.03. The van der Waals surface area contributed by atoms with E-state index in [9.17, 15) is 0 Å². The minimum Gasteiger partial charge on any atom is -0.487 e.